The standard InChI is InChI=1S/C32H37N8O2/c1-33-32(10-7-11-38(2)21-32)22-42-29-17-26-27(18-28(29)41-3)36-23-37-30(26)39-12-14-40(15-13-39)31-34-19-25(20-35-31)16-24-8-5-4-6-9-24/h1,4-6,8-9,17-20,23H,7,10-16,21-22H2,2-3H3/q+1/t32-/m0/s1. The van der Waals surface area contributed by atoms with Crippen molar-refractivity contribution in [1.29, 1.82) is 0 Å². The minimum atomic E-state index is -0.443. The fourth-order valence-electron chi connectivity index (χ4n) is 5.94. The van der Waals surface area contributed by atoms with E-state index in [1.54, 1.807) is 13.4 Å². The molecule has 2 saturated heterocycles. The maximum absolute atomic E-state index is 6.36. The monoisotopic (exact) mass is 565 g/mol. The molecule has 4 aromatic rings. The average molecular weight is 566 g/mol. The van der Waals surface area contributed by atoms with Crippen LogP contribution in [0.5, 0.6) is 11.5 Å². The summed E-state index contributed by atoms with van der Waals surface area (Å²) in [5.74, 6) is 2.90. The fourth-order valence-corrected chi connectivity index (χ4v) is 5.94. The first kappa shape index (κ1) is 27.7. The largest absolute Gasteiger partial charge is 0.493 e. The molecule has 0 radical (unpaired) electrons. The van der Waals surface area contributed by atoms with Crippen molar-refractivity contribution in [2.75, 3.05) is 69.8 Å². The lowest BCUT2D eigenvalue weighted by atomic mass is 9.91. The molecule has 2 aliphatic heterocycles. The Morgan fingerprint density at radius 3 is 2.38 bits per heavy atom. The van der Waals surface area contributed by atoms with E-state index in [9.17, 15) is 0 Å². The third-order valence-corrected chi connectivity index (χ3v) is 8.22. The van der Waals surface area contributed by atoms with Crippen LogP contribution in [0, 0.1) is 6.57 Å². The molecule has 6 rings (SSSR count). The van der Waals surface area contributed by atoms with Gasteiger partial charge in [-0.15, -0.1) is 0 Å². The zero-order valence-corrected chi connectivity index (χ0v) is 24.3. The lowest BCUT2D eigenvalue weighted by Crippen LogP contribution is -2.48. The maximum Gasteiger partial charge on any atom is 0.326 e. The van der Waals surface area contributed by atoms with Gasteiger partial charge in [0.05, 0.1) is 19.2 Å². The van der Waals surface area contributed by atoms with Crippen molar-refractivity contribution in [3.05, 3.63) is 77.2 Å². The molecule has 2 aliphatic rings. The van der Waals surface area contributed by atoms with Gasteiger partial charge in [-0.2, -0.15) is 0 Å². The van der Waals surface area contributed by atoms with Crippen LogP contribution in [0.25, 0.3) is 15.7 Å². The highest BCUT2D eigenvalue weighted by Crippen LogP contribution is 2.36. The molecule has 0 amide bonds. The normalized spacial score (nSPS) is 19.5. The summed E-state index contributed by atoms with van der Waals surface area (Å²) in [4.78, 5) is 29.6. The lowest BCUT2D eigenvalue weighted by Gasteiger charge is -2.35. The molecule has 0 saturated carbocycles. The number of piperazine rings is 1. The van der Waals surface area contributed by atoms with Gasteiger partial charge in [-0.05, 0) is 37.2 Å². The van der Waals surface area contributed by atoms with Gasteiger partial charge in [0.15, 0.2) is 18.1 Å². The molecule has 10 heteroatoms. The first-order chi connectivity index (χ1) is 20.6. The Morgan fingerprint density at radius 2 is 1.67 bits per heavy atom. The van der Waals surface area contributed by atoms with Gasteiger partial charge in [0, 0.05) is 62.9 Å². The second-order valence-corrected chi connectivity index (χ2v) is 11.2. The summed E-state index contributed by atoms with van der Waals surface area (Å²) in [6.07, 6.45) is 8.22. The third-order valence-electron chi connectivity index (χ3n) is 8.22. The summed E-state index contributed by atoms with van der Waals surface area (Å²) in [6.45, 7) is 11.2. The predicted octanol–water partition coefficient (Wildman–Crippen LogP) is 4.15. The van der Waals surface area contributed by atoms with E-state index in [1.165, 1.54) is 5.56 Å². The Morgan fingerprint density at radius 1 is 0.905 bits per heavy atom. The van der Waals surface area contributed by atoms with Gasteiger partial charge >= 0.3 is 5.54 Å². The van der Waals surface area contributed by atoms with Crippen molar-refractivity contribution in [3.8, 4) is 18.1 Å². The molecule has 0 aliphatic carbocycles. The Labute approximate surface area is 246 Å². The number of hydrogen-bond acceptors (Lipinski definition) is 9. The quantitative estimate of drug-likeness (QED) is 0.313. The SMILES string of the molecule is C#[N+][C@@]1(COc2cc3c(N4CCN(c5ncc(Cc6ccccc6)cn5)CC4)ncnc3cc2OC)CCCN(C)C1. The van der Waals surface area contributed by atoms with E-state index in [4.69, 9.17) is 16.0 Å². The van der Waals surface area contributed by atoms with Crippen LogP contribution in [0.15, 0.2) is 61.2 Å². The summed E-state index contributed by atoms with van der Waals surface area (Å²) < 4.78 is 12.0. The molecule has 4 heterocycles. The molecule has 1 atom stereocenters. The molecule has 0 unspecified atom stereocenters. The van der Waals surface area contributed by atoms with E-state index in [0.717, 1.165) is 86.8 Å². The van der Waals surface area contributed by atoms with E-state index in [1.807, 2.05) is 30.6 Å². The van der Waals surface area contributed by atoms with Crippen LogP contribution in [0.1, 0.15) is 24.0 Å². The van der Waals surface area contributed by atoms with Gasteiger partial charge < -0.3 is 19.3 Å². The van der Waals surface area contributed by atoms with E-state index in [0.29, 0.717) is 18.1 Å². The van der Waals surface area contributed by atoms with Crippen LogP contribution in [0.3, 0.4) is 0 Å². The van der Waals surface area contributed by atoms with Crippen LogP contribution in [-0.2, 0) is 6.42 Å². The number of aromatic nitrogens is 4. The number of piperidine rings is 1. The summed E-state index contributed by atoms with van der Waals surface area (Å²) in [5, 5.41) is 0.919. The maximum atomic E-state index is 6.36. The molecule has 0 N–H and O–H groups in total. The van der Waals surface area contributed by atoms with Crippen molar-refractivity contribution < 1.29 is 9.47 Å². The number of fused-ring (bicyclic) bond motifs is 1. The van der Waals surface area contributed by atoms with Gasteiger partial charge in [0.2, 0.25) is 5.95 Å². The zero-order chi connectivity index (χ0) is 28.9. The summed E-state index contributed by atoms with van der Waals surface area (Å²) in [5.41, 5.74) is 2.72. The molecule has 0 spiro atoms. The van der Waals surface area contributed by atoms with Crippen molar-refractivity contribution in [3.63, 3.8) is 0 Å². The van der Waals surface area contributed by atoms with Crippen LogP contribution in [0.2, 0.25) is 0 Å². The van der Waals surface area contributed by atoms with Gasteiger partial charge in [-0.1, -0.05) is 35.2 Å². The highest BCUT2D eigenvalue weighted by molar-refractivity contribution is 5.92. The van der Waals surface area contributed by atoms with E-state index < -0.39 is 5.54 Å². The summed E-state index contributed by atoms with van der Waals surface area (Å²) >= 11 is 0. The molecule has 2 aromatic heterocycles. The number of hydrogen-bond donors (Lipinski definition) is 0. The number of likely N-dealkylation sites (tertiary alicyclic amines) is 1. The number of benzene rings is 2. The third kappa shape index (κ3) is 5.92. The first-order valence-corrected chi connectivity index (χ1v) is 14.5. The van der Waals surface area contributed by atoms with Gasteiger partial charge in [0.1, 0.15) is 12.1 Å². The summed E-state index contributed by atoms with van der Waals surface area (Å²) in [7, 11) is 3.73. The number of methoxy groups -OCH3 is 1. The van der Waals surface area contributed by atoms with Gasteiger partial charge in [0.25, 0.3) is 6.57 Å². The smallest absolute Gasteiger partial charge is 0.326 e. The molecule has 2 aromatic carbocycles. The molecule has 0 bridgehead atoms. The second-order valence-electron chi connectivity index (χ2n) is 11.2. The number of rotatable bonds is 8. The Bertz CT molecular complexity index is 1550. The summed E-state index contributed by atoms with van der Waals surface area (Å²) in [6, 6.07) is 14.3. The Balaban J connectivity index is 1.16. The van der Waals surface area contributed by atoms with Crippen molar-refractivity contribution in [2.45, 2.75) is 24.8 Å². The first-order valence-electron chi connectivity index (χ1n) is 14.5. The Kier molecular flexibility index (Phi) is 8.02. The van der Waals surface area contributed by atoms with Crippen molar-refractivity contribution in [1.82, 2.24) is 24.8 Å². The van der Waals surface area contributed by atoms with Crippen molar-refractivity contribution in [2.24, 2.45) is 0 Å². The molecule has 42 heavy (non-hydrogen) atoms. The van der Waals surface area contributed by atoms with E-state index >= 15 is 0 Å². The van der Waals surface area contributed by atoms with Crippen LogP contribution in [-0.4, -0.2) is 90.4 Å². The molecule has 2 fully saturated rings. The zero-order valence-electron chi connectivity index (χ0n) is 24.3. The predicted molar refractivity (Wildman–Crippen MR) is 165 cm³/mol. The highest BCUT2D eigenvalue weighted by Gasteiger charge is 2.45. The second kappa shape index (κ2) is 12.2. The average Bonchev–Trinajstić information content (AvgIpc) is 3.04. The minimum Gasteiger partial charge on any atom is -0.493 e. The molecule has 10 nitrogen and oxygen atoms in total. The van der Waals surface area contributed by atoms with Gasteiger partial charge in [-0.3, -0.25) is 4.90 Å². The topological polar surface area (TPSA) is 84.1 Å². The molecular formula is C32H37N8O2+. The Hall–Kier alpha value is -4.49. The van der Waals surface area contributed by atoms with Crippen LogP contribution >= 0.6 is 0 Å². The molecule has 216 valence electrons. The van der Waals surface area contributed by atoms with E-state index in [2.05, 4.69) is 70.8 Å². The highest BCUT2D eigenvalue weighted by atomic mass is 16.5. The lowest BCUT2D eigenvalue weighted by molar-refractivity contribution is 0.145. The van der Waals surface area contributed by atoms with Crippen LogP contribution in [0.4, 0.5) is 11.8 Å². The van der Waals surface area contributed by atoms with Crippen LogP contribution < -0.4 is 19.3 Å². The fraction of sp³-hybridized carbons (Fsp3) is 0.406. The number of likely N-dealkylation sites (N-methyl/N-ethyl adjacent to an activating group) is 1. The molecular weight excluding hydrogens is 528 g/mol. The number of anilines is 2. The minimum absolute atomic E-state index is 0.377. The van der Waals surface area contributed by atoms with E-state index in [-0.39, 0.29) is 0 Å². The van der Waals surface area contributed by atoms with Gasteiger partial charge in [-0.25, -0.2) is 19.9 Å². The number of ether oxygens (including phenoxy) is 2. The number of nitrogens with zero attached hydrogens (tertiary/aromatic N) is 8. The van der Waals surface area contributed by atoms with Crippen molar-refractivity contribution >= 4 is 22.7 Å².